The Hall–Kier alpha value is -1.99. The minimum Gasteiger partial charge on any atom is -0.493 e. The van der Waals surface area contributed by atoms with Crippen molar-refractivity contribution in [3.05, 3.63) is 22.7 Å². The number of carbonyl (C=O) groups is 2. The lowest BCUT2D eigenvalue weighted by atomic mass is 10.0. The minimum atomic E-state index is -0.901. The minimum absolute atomic E-state index is 0.170. The van der Waals surface area contributed by atoms with E-state index >= 15 is 0 Å². The molecule has 158 valence electrons. The average Bonchev–Trinajstić information content (AvgIpc) is 2.55. The van der Waals surface area contributed by atoms with Gasteiger partial charge >= 0.3 is 5.97 Å². The third kappa shape index (κ3) is 8.35. The summed E-state index contributed by atoms with van der Waals surface area (Å²) in [5.74, 6) is -0.151. The van der Waals surface area contributed by atoms with E-state index in [1.807, 2.05) is 34.6 Å². The van der Waals surface area contributed by atoms with Crippen LogP contribution in [-0.4, -0.2) is 42.3 Å². The molecule has 0 aromatic heterocycles. The van der Waals surface area contributed by atoms with Crippen LogP contribution in [0.2, 0.25) is 5.02 Å². The summed E-state index contributed by atoms with van der Waals surface area (Å²) >= 11 is 6.33. The molecule has 1 atom stereocenters. The maximum absolute atomic E-state index is 11.9. The van der Waals surface area contributed by atoms with Crippen LogP contribution >= 0.6 is 11.6 Å². The van der Waals surface area contributed by atoms with E-state index in [0.29, 0.717) is 28.5 Å². The Morgan fingerprint density at radius 3 is 2.36 bits per heavy atom. The Morgan fingerprint density at radius 1 is 1.21 bits per heavy atom. The third-order valence-corrected chi connectivity index (χ3v) is 4.10. The van der Waals surface area contributed by atoms with E-state index in [2.05, 4.69) is 10.6 Å². The zero-order valence-corrected chi connectivity index (χ0v) is 18.1. The summed E-state index contributed by atoms with van der Waals surface area (Å²) in [6.45, 7) is 9.68. The van der Waals surface area contributed by atoms with Crippen molar-refractivity contribution in [2.75, 3.05) is 13.7 Å². The first-order valence-electron chi connectivity index (χ1n) is 9.19. The molecule has 1 unspecified atom stereocenters. The Labute approximate surface area is 171 Å². The van der Waals surface area contributed by atoms with Crippen LogP contribution in [0.4, 0.5) is 0 Å². The van der Waals surface area contributed by atoms with Crippen LogP contribution in [0.5, 0.6) is 11.5 Å². The number of amides is 1. The van der Waals surface area contributed by atoms with Crippen molar-refractivity contribution in [2.45, 2.75) is 59.2 Å². The molecule has 0 fully saturated rings. The Kier molecular flexibility index (Phi) is 9.04. The second-order valence-corrected chi connectivity index (χ2v) is 8.49. The largest absolute Gasteiger partial charge is 0.493 e. The number of ether oxygens (including phenoxy) is 2. The molecule has 0 saturated heterocycles. The summed E-state index contributed by atoms with van der Waals surface area (Å²) in [6.07, 6.45) is 0.508. The van der Waals surface area contributed by atoms with E-state index in [1.54, 1.807) is 12.1 Å². The van der Waals surface area contributed by atoms with Crippen LogP contribution in [0.1, 0.15) is 46.6 Å². The lowest BCUT2D eigenvalue weighted by Crippen LogP contribution is -2.43. The molecule has 8 heteroatoms. The van der Waals surface area contributed by atoms with Crippen molar-refractivity contribution in [3.63, 3.8) is 0 Å². The standard InChI is InChI=1S/C20H31ClN2O5/c1-12(2)7-15(19(25)26)22-10-13-8-16(27-6)17(9-14(13)21)28-11-18(24)23-20(3,4)5/h8-9,12,15,22H,7,10-11H2,1-6H3,(H,23,24)(H,25,26). The van der Waals surface area contributed by atoms with Crippen LogP contribution < -0.4 is 20.1 Å². The van der Waals surface area contributed by atoms with Crippen LogP contribution in [0.25, 0.3) is 0 Å². The molecule has 3 N–H and O–H groups in total. The van der Waals surface area contributed by atoms with Gasteiger partial charge in [0.25, 0.3) is 5.91 Å². The van der Waals surface area contributed by atoms with Crippen molar-refractivity contribution in [2.24, 2.45) is 5.92 Å². The summed E-state index contributed by atoms with van der Waals surface area (Å²) in [5, 5.41) is 15.6. The molecular weight excluding hydrogens is 384 g/mol. The van der Waals surface area contributed by atoms with E-state index < -0.39 is 12.0 Å². The fourth-order valence-corrected chi connectivity index (χ4v) is 2.78. The molecule has 1 rings (SSSR count). The number of carboxylic acids is 1. The highest BCUT2D eigenvalue weighted by atomic mass is 35.5. The fraction of sp³-hybridized carbons (Fsp3) is 0.600. The van der Waals surface area contributed by atoms with Crippen molar-refractivity contribution < 1.29 is 24.2 Å². The number of halogens is 1. The van der Waals surface area contributed by atoms with Gasteiger partial charge in [0, 0.05) is 23.2 Å². The van der Waals surface area contributed by atoms with Gasteiger partial charge in [0.2, 0.25) is 0 Å². The molecule has 0 heterocycles. The van der Waals surface area contributed by atoms with Crippen molar-refractivity contribution in [3.8, 4) is 11.5 Å². The SMILES string of the molecule is COc1cc(CNC(CC(C)C)C(=O)O)c(Cl)cc1OCC(=O)NC(C)(C)C. The Bertz CT molecular complexity index is 686. The summed E-state index contributed by atoms with van der Waals surface area (Å²) in [4.78, 5) is 23.3. The number of hydrogen-bond donors (Lipinski definition) is 3. The Balaban J connectivity index is 2.84. The highest BCUT2D eigenvalue weighted by Crippen LogP contribution is 2.33. The highest BCUT2D eigenvalue weighted by molar-refractivity contribution is 6.31. The highest BCUT2D eigenvalue weighted by Gasteiger charge is 2.20. The number of hydrogen-bond acceptors (Lipinski definition) is 5. The zero-order chi connectivity index (χ0) is 21.5. The molecule has 0 aliphatic rings. The third-order valence-electron chi connectivity index (χ3n) is 3.75. The number of carboxylic acid groups (broad SMARTS) is 1. The lowest BCUT2D eigenvalue weighted by molar-refractivity contribution is -0.140. The van der Waals surface area contributed by atoms with E-state index in [0.717, 1.165) is 0 Å². The zero-order valence-electron chi connectivity index (χ0n) is 17.4. The second-order valence-electron chi connectivity index (χ2n) is 8.08. The number of rotatable bonds is 10. The molecule has 1 aromatic rings. The topological polar surface area (TPSA) is 96.9 Å². The van der Waals surface area contributed by atoms with Gasteiger partial charge < -0.3 is 25.2 Å². The Morgan fingerprint density at radius 2 is 1.86 bits per heavy atom. The molecular formula is C20H31ClN2O5. The molecule has 1 amide bonds. The summed E-state index contributed by atoms with van der Waals surface area (Å²) in [6, 6.07) is 2.58. The van der Waals surface area contributed by atoms with Gasteiger partial charge in [0.05, 0.1) is 7.11 Å². The fourth-order valence-electron chi connectivity index (χ4n) is 2.56. The molecule has 7 nitrogen and oxygen atoms in total. The predicted octanol–water partition coefficient (Wildman–Crippen LogP) is 3.23. The average molecular weight is 415 g/mol. The van der Waals surface area contributed by atoms with Gasteiger partial charge in [0.15, 0.2) is 18.1 Å². The van der Waals surface area contributed by atoms with Crippen LogP contribution in [0.3, 0.4) is 0 Å². The second kappa shape index (κ2) is 10.5. The van der Waals surface area contributed by atoms with Gasteiger partial charge in [-0.05, 0) is 44.7 Å². The molecule has 0 radical (unpaired) electrons. The quantitative estimate of drug-likeness (QED) is 0.543. The number of carbonyl (C=O) groups excluding carboxylic acids is 1. The van der Waals surface area contributed by atoms with E-state index in [-0.39, 0.29) is 30.5 Å². The first-order valence-corrected chi connectivity index (χ1v) is 9.57. The summed E-state index contributed by atoms with van der Waals surface area (Å²) in [5.41, 5.74) is 0.328. The number of aliphatic carboxylic acids is 1. The van der Waals surface area contributed by atoms with Gasteiger partial charge in [-0.2, -0.15) is 0 Å². The van der Waals surface area contributed by atoms with Gasteiger partial charge in [-0.1, -0.05) is 25.4 Å². The summed E-state index contributed by atoms with van der Waals surface area (Å²) in [7, 11) is 1.49. The summed E-state index contributed by atoms with van der Waals surface area (Å²) < 4.78 is 10.9. The van der Waals surface area contributed by atoms with Crippen LogP contribution in [0.15, 0.2) is 12.1 Å². The predicted molar refractivity (Wildman–Crippen MR) is 109 cm³/mol. The maximum Gasteiger partial charge on any atom is 0.320 e. The van der Waals surface area contributed by atoms with Gasteiger partial charge in [0.1, 0.15) is 6.04 Å². The number of nitrogens with one attached hydrogen (secondary N) is 2. The van der Waals surface area contributed by atoms with E-state index in [9.17, 15) is 14.7 Å². The van der Waals surface area contributed by atoms with E-state index in [1.165, 1.54) is 7.11 Å². The normalized spacial score (nSPS) is 12.6. The lowest BCUT2D eigenvalue weighted by Gasteiger charge is -2.21. The maximum atomic E-state index is 11.9. The van der Waals surface area contributed by atoms with Crippen LogP contribution in [0, 0.1) is 5.92 Å². The molecule has 0 aliphatic heterocycles. The number of benzene rings is 1. The number of methoxy groups -OCH3 is 1. The first-order chi connectivity index (χ1) is 12.9. The van der Waals surface area contributed by atoms with Crippen molar-refractivity contribution >= 4 is 23.5 Å². The molecule has 0 saturated carbocycles. The molecule has 0 bridgehead atoms. The first kappa shape index (κ1) is 24.0. The van der Waals surface area contributed by atoms with Gasteiger partial charge in [-0.15, -0.1) is 0 Å². The molecule has 28 heavy (non-hydrogen) atoms. The van der Waals surface area contributed by atoms with Gasteiger partial charge in [-0.3, -0.25) is 9.59 Å². The molecule has 0 aliphatic carbocycles. The van der Waals surface area contributed by atoms with Crippen molar-refractivity contribution in [1.29, 1.82) is 0 Å². The monoisotopic (exact) mass is 414 g/mol. The van der Waals surface area contributed by atoms with Crippen molar-refractivity contribution in [1.82, 2.24) is 10.6 Å². The van der Waals surface area contributed by atoms with Crippen LogP contribution in [-0.2, 0) is 16.1 Å². The smallest absolute Gasteiger partial charge is 0.320 e. The molecule has 1 aromatic carbocycles. The van der Waals surface area contributed by atoms with E-state index in [4.69, 9.17) is 21.1 Å². The van der Waals surface area contributed by atoms with Gasteiger partial charge in [-0.25, -0.2) is 0 Å². The molecule has 0 spiro atoms.